The zero-order valence-corrected chi connectivity index (χ0v) is 14.2. The summed E-state index contributed by atoms with van der Waals surface area (Å²) in [6.45, 7) is 7.77. The molecule has 0 N–H and O–H groups in total. The summed E-state index contributed by atoms with van der Waals surface area (Å²) >= 11 is 0. The number of hydrogen-bond acceptors (Lipinski definition) is 3. The molecule has 23 heavy (non-hydrogen) atoms. The Morgan fingerprint density at radius 1 is 1.26 bits per heavy atom. The Morgan fingerprint density at radius 3 is 2.52 bits per heavy atom. The molecule has 1 amide bonds. The third kappa shape index (κ3) is 3.43. The van der Waals surface area contributed by atoms with E-state index >= 15 is 0 Å². The molecule has 2 heterocycles. The van der Waals surface area contributed by atoms with Gasteiger partial charge in [-0.1, -0.05) is 44.2 Å². The number of amides is 1. The lowest BCUT2D eigenvalue weighted by Gasteiger charge is -2.53. The first-order valence-electron chi connectivity index (χ1n) is 8.64. The van der Waals surface area contributed by atoms with E-state index in [1.807, 2.05) is 11.0 Å². The van der Waals surface area contributed by atoms with Crippen molar-refractivity contribution in [1.82, 2.24) is 4.90 Å². The highest BCUT2D eigenvalue weighted by atomic mass is 16.5. The minimum absolute atomic E-state index is 0.0929. The van der Waals surface area contributed by atoms with Crippen molar-refractivity contribution in [1.29, 1.82) is 0 Å². The van der Waals surface area contributed by atoms with Gasteiger partial charge in [0.05, 0.1) is 6.10 Å². The third-order valence-electron chi connectivity index (χ3n) is 5.36. The average Bonchev–Trinajstić information content (AvgIpc) is 2.53. The second kappa shape index (κ2) is 7.02. The molecule has 0 radical (unpaired) electrons. The van der Waals surface area contributed by atoms with Gasteiger partial charge in [0.25, 0.3) is 0 Å². The van der Waals surface area contributed by atoms with Crippen molar-refractivity contribution in [3.05, 3.63) is 35.9 Å². The van der Waals surface area contributed by atoms with E-state index < -0.39 is 0 Å². The SMILES string of the molecule is CC(C)C1(c2ccccc2)CN(C(=O)COC2CCOCC2)C1. The Kier molecular flexibility index (Phi) is 5.02. The fourth-order valence-electron chi connectivity index (χ4n) is 3.59. The second-order valence-electron chi connectivity index (χ2n) is 7.05. The molecule has 4 nitrogen and oxygen atoms in total. The van der Waals surface area contributed by atoms with Gasteiger partial charge in [-0.05, 0) is 24.3 Å². The first-order valence-corrected chi connectivity index (χ1v) is 8.64. The minimum Gasteiger partial charge on any atom is -0.381 e. The third-order valence-corrected chi connectivity index (χ3v) is 5.36. The normalized spacial score (nSPS) is 21.3. The molecule has 0 unspecified atom stereocenters. The molecular formula is C19H27NO3. The van der Waals surface area contributed by atoms with Gasteiger partial charge in [-0.25, -0.2) is 0 Å². The Bertz CT molecular complexity index is 517. The van der Waals surface area contributed by atoms with Gasteiger partial charge < -0.3 is 14.4 Å². The molecule has 2 aliphatic heterocycles. The predicted octanol–water partition coefficient (Wildman–Crippen LogP) is 2.62. The summed E-state index contributed by atoms with van der Waals surface area (Å²) < 4.78 is 11.1. The highest BCUT2D eigenvalue weighted by molar-refractivity contribution is 5.79. The number of hydrogen-bond donors (Lipinski definition) is 0. The fraction of sp³-hybridized carbons (Fsp3) is 0.632. The van der Waals surface area contributed by atoms with Gasteiger partial charge in [0.15, 0.2) is 0 Å². The lowest BCUT2D eigenvalue weighted by molar-refractivity contribution is -0.149. The van der Waals surface area contributed by atoms with Crippen molar-refractivity contribution in [3.8, 4) is 0 Å². The van der Waals surface area contributed by atoms with Crippen LogP contribution in [-0.2, 0) is 19.7 Å². The molecule has 2 fully saturated rings. The molecule has 0 bridgehead atoms. The van der Waals surface area contributed by atoms with Crippen molar-refractivity contribution in [2.24, 2.45) is 5.92 Å². The quantitative estimate of drug-likeness (QED) is 0.838. The highest BCUT2D eigenvalue weighted by Crippen LogP contribution is 2.41. The summed E-state index contributed by atoms with van der Waals surface area (Å²) in [6, 6.07) is 10.6. The maximum atomic E-state index is 12.4. The number of carbonyl (C=O) groups is 1. The molecule has 4 heteroatoms. The van der Waals surface area contributed by atoms with Gasteiger partial charge in [-0.2, -0.15) is 0 Å². The highest BCUT2D eigenvalue weighted by Gasteiger charge is 2.48. The van der Waals surface area contributed by atoms with Crippen LogP contribution in [0.2, 0.25) is 0 Å². The maximum Gasteiger partial charge on any atom is 0.248 e. The number of likely N-dealkylation sites (tertiary alicyclic amines) is 1. The van der Waals surface area contributed by atoms with Gasteiger partial charge in [-0.15, -0.1) is 0 Å². The van der Waals surface area contributed by atoms with Crippen molar-refractivity contribution in [2.75, 3.05) is 32.9 Å². The zero-order chi connectivity index (χ0) is 16.3. The van der Waals surface area contributed by atoms with Crippen LogP contribution in [-0.4, -0.2) is 49.8 Å². The van der Waals surface area contributed by atoms with E-state index in [1.54, 1.807) is 0 Å². The molecule has 3 rings (SSSR count). The molecule has 2 saturated heterocycles. The monoisotopic (exact) mass is 317 g/mol. The van der Waals surface area contributed by atoms with Gasteiger partial charge in [0, 0.05) is 31.7 Å². The lowest BCUT2D eigenvalue weighted by Crippen LogP contribution is -2.64. The Morgan fingerprint density at radius 2 is 1.91 bits per heavy atom. The summed E-state index contributed by atoms with van der Waals surface area (Å²) in [7, 11) is 0. The van der Waals surface area contributed by atoms with Crippen LogP contribution in [0.15, 0.2) is 30.3 Å². The second-order valence-corrected chi connectivity index (χ2v) is 7.05. The van der Waals surface area contributed by atoms with E-state index in [1.165, 1.54) is 5.56 Å². The Balaban J connectivity index is 1.54. The lowest BCUT2D eigenvalue weighted by atomic mass is 9.66. The number of benzene rings is 1. The van der Waals surface area contributed by atoms with E-state index in [2.05, 4.69) is 38.1 Å². The van der Waals surface area contributed by atoms with Gasteiger partial charge >= 0.3 is 0 Å². The van der Waals surface area contributed by atoms with Gasteiger partial charge in [-0.3, -0.25) is 4.79 Å². The van der Waals surface area contributed by atoms with Gasteiger partial charge in [0.2, 0.25) is 5.91 Å². The maximum absolute atomic E-state index is 12.4. The van der Waals surface area contributed by atoms with Crippen molar-refractivity contribution in [3.63, 3.8) is 0 Å². The standard InChI is InChI=1S/C19H27NO3/c1-15(2)19(16-6-4-3-5-7-16)13-20(14-19)18(21)12-23-17-8-10-22-11-9-17/h3-7,15,17H,8-14H2,1-2H3. The van der Waals surface area contributed by atoms with Crippen LogP contribution in [0.4, 0.5) is 0 Å². The van der Waals surface area contributed by atoms with E-state index in [-0.39, 0.29) is 24.0 Å². The van der Waals surface area contributed by atoms with E-state index in [0.717, 1.165) is 39.1 Å². The molecule has 1 aromatic rings. The molecular weight excluding hydrogens is 290 g/mol. The smallest absolute Gasteiger partial charge is 0.248 e. The molecule has 0 saturated carbocycles. The van der Waals surface area contributed by atoms with Crippen LogP contribution in [0.5, 0.6) is 0 Å². The van der Waals surface area contributed by atoms with Crippen LogP contribution < -0.4 is 0 Å². The molecule has 0 spiro atoms. The molecule has 1 aromatic carbocycles. The summed E-state index contributed by atoms with van der Waals surface area (Å²) in [5, 5.41) is 0. The summed E-state index contributed by atoms with van der Waals surface area (Å²) in [5.41, 5.74) is 1.43. The largest absolute Gasteiger partial charge is 0.381 e. The van der Waals surface area contributed by atoms with Crippen LogP contribution >= 0.6 is 0 Å². The summed E-state index contributed by atoms with van der Waals surface area (Å²) in [6.07, 6.45) is 1.97. The van der Waals surface area contributed by atoms with Crippen LogP contribution in [0.3, 0.4) is 0 Å². The summed E-state index contributed by atoms with van der Waals surface area (Å²) in [5.74, 6) is 0.619. The minimum atomic E-state index is 0.0929. The fourth-order valence-corrected chi connectivity index (χ4v) is 3.59. The number of ether oxygens (including phenoxy) is 2. The van der Waals surface area contributed by atoms with Crippen LogP contribution in [0, 0.1) is 5.92 Å². The van der Waals surface area contributed by atoms with Crippen molar-refractivity contribution in [2.45, 2.75) is 38.2 Å². The Hall–Kier alpha value is -1.39. The molecule has 0 aliphatic carbocycles. The molecule has 0 atom stereocenters. The van der Waals surface area contributed by atoms with E-state index in [9.17, 15) is 4.79 Å². The number of nitrogens with zero attached hydrogens (tertiary/aromatic N) is 1. The Labute approximate surface area is 138 Å². The number of rotatable bonds is 5. The van der Waals surface area contributed by atoms with E-state index in [0.29, 0.717) is 5.92 Å². The predicted molar refractivity (Wildman–Crippen MR) is 89.3 cm³/mol. The van der Waals surface area contributed by atoms with Crippen LogP contribution in [0.1, 0.15) is 32.3 Å². The van der Waals surface area contributed by atoms with E-state index in [4.69, 9.17) is 9.47 Å². The molecule has 0 aromatic heterocycles. The summed E-state index contributed by atoms with van der Waals surface area (Å²) in [4.78, 5) is 14.3. The van der Waals surface area contributed by atoms with Crippen molar-refractivity contribution >= 4 is 5.91 Å². The van der Waals surface area contributed by atoms with Crippen molar-refractivity contribution < 1.29 is 14.3 Å². The number of carbonyl (C=O) groups excluding carboxylic acids is 1. The van der Waals surface area contributed by atoms with Crippen LogP contribution in [0.25, 0.3) is 0 Å². The average molecular weight is 317 g/mol. The first kappa shape index (κ1) is 16.5. The zero-order valence-electron chi connectivity index (χ0n) is 14.2. The molecule has 2 aliphatic rings. The molecule has 126 valence electrons. The topological polar surface area (TPSA) is 38.8 Å². The van der Waals surface area contributed by atoms with Gasteiger partial charge in [0.1, 0.15) is 6.61 Å². The first-order chi connectivity index (χ1) is 11.1.